The van der Waals surface area contributed by atoms with Gasteiger partial charge in [-0.3, -0.25) is 14.4 Å². The van der Waals surface area contributed by atoms with Crippen molar-refractivity contribution < 1.29 is 28.6 Å². The fraction of sp³-hybridized carbons (Fsp3) is 0.961. The van der Waals surface area contributed by atoms with Crippen molar-refractivity contribution in [2.45, 2.75) is 457 Å². The Morgan fingerprint density at radius 1 is 0.195 bits per heavy atom. The van der Waals surface area contributed by atoms with Crippen LogP contribution in [-0.2, 0) is 28.6 Å². The number of rotatable bonds is 72. The van der Waals surface area contributed by atoms with E-state index in [4.69, 9.17) is 14.2 Å². The van der Waals surface area contributed by atoms with E-state index in [1.165, 1.54) is 353 Å². The molecule has 0 saturated carbocycles. The van der Waals surface area contributed by atoms with E-state index in [9.17, 15) is 14.4 Å². The Balaban J connectivity index is 4.26. The molecular weight excluding hydrogens is 1010 g/mol. The molecule has 0 spiro atoms. The standard InChI is InChI=1S/C76H148O6/c1-4-7-10-13-16-19-22-25-28-31-34-37-38-40-42-45-48-51-54-57-60-63-66-69-75(78)81-72-73(71-80-74(77)68-65-62-59-56-53-50-47-44-41-36-33-30-27-24-21-18-15-12-9-6-3)82-76(79)70-67-64-61-58-55-52-49-46-43-39-35-32-29-26-23-20-17-14-11-8-5-2/h73H,4-72H2,1-3H3. The third-order valence-corrected chi connectivity index (χ3v) is 17.9. The number of hydrogen-bond acceptors (Lipinski definition) is 6. The smallest absolute Gasteiger partial charge is 0.306 e. The molecule has 0 amide bonds. The molecule has 1 atom stereocenters. The topological polar surface area (TPSA) is 78.9 Å². The highest BCUT2D eigenvalue weighted by Gasteiger charge is 2.20. The summed E-state index contributed by atoms with van der Waals surface area (Å²) in [5, 5.41) is 0. The first-order valence-electron chi connectivity index (χ1n) is 38.0. The minimum Gasteiger partial charge on any atom is -0.462 e. The van der Waals surface area contributed by atoms with E-state index in [0.29, 0.717) is 19.3 Å². The van der Waals surface area contributed by atoms with Crippen molar-refractivity contribution in [1.82, 2.24) is 0 Å². The van der Waals surface area contributed by atoms with Crippen LogP contribution in [0.15, 0.2) is 0 Å². The van der Waals surface area contributed by atoms with Gasteiger partial charge < -0.3 is 14.2 Å². The number of hydrogen-bond donors (Lipinski definition) is 0. The lowest BCUT2D eigenvalue weighted by Crippen LogP contribution is -2.30. The summed E-state index contributed by atoms with van der Waals surface area (Å²) in [5.41, 5.74) is 0. The number of unbranched alkanes of at least 4 members (excludes halogenated alkanes) is 61. The van der Waals surface area contributed by atoms with Crippen molar-refractivity contribution in [2.75, 3.05) is 13.2 Å². The molecule has 6 heteroatoms. The van der Waals surface area contributed by atoms with Crippen LogP contribution in [0.4, 0.5) is 0 Å². The molecule has 0 fully saturated rings. The predicted molar refractivity (Wildman–Crippen MR) is 358 cm³/mol. The molecule has 0 aromatic carbocycles. The molecule has 6 nitrogen and oxygen atoms in total. The number of esters is 3. The van der Waals surface area contributed by atoms with Crippen LogP contribution < -0.4 is 0 Å². The van der Waals surface area contributed by atoms with E-state index in [1.54, 1.807) is 0 Å². The fourth-order valence-corrected chi connectivity index (χ4v) is 12.2. The summed E-state index contributed by atoms with van der Waals surface area (Å²) < 4.78 is 17.1. The minimum atomic E-state index is -0.764. The molecule has 1 unspecified atom stereocenters. The second-order valence-corrected chi connectivity index (χ2v) is 26.3. The van der Waals surface area contributed by atoms with E-state index >= 15 is 0 Å². The maximum absolute atomic E-state index is 13.0. The summed E-state index contributed by atoms with van der Waals surface area (Å²) in [6.45, 7) is 6.76. The molecule has 0 rings (SSSR count). The molecule has 488 valence electrons. The van der Waals surface area contributed by atoms with Gasteiger partial charge >= 0.3 is 17.9 Å². The first-order chi connectivity index (χ1) is 40.5. The van der Waals surface area contributed by atoms with Crippen molar-refractivity contribution in [2.24, 2.45) is 0 Å². The Bertz CT molecular complexity index is 1240. The maximum Gasteiger partial charge on any atom is 0.306 e. The summed E-state index contributed by atoms with van der Waals surface area (Å²) in [7, 11) is 0. The first-order valence-corrected chi connectivity index (χ1v) is 38.0. The second-order valence-electron chi connectivity index (χ2n) is 26.3. The van der Waals surface area contributed by atoms with Gasteiger partial charge in [0.15, 0.2) is 6.10 Å². The molecule has 0 bridgehead atoms. The van der Waals surface area contributed by atoms with Crippen LogP contribution in [0.25, 0.3) is 0 Å². The van der Waals surface area contributed by atoms with Crippen LogP contribution in [0.3, 0.4) is 0 Å². The van der Waals surface area contributed by atoms with Crippen molar-refractivity contribution in [1.29, 1.82) is 0 Å². The Hall–Kier alpha value is -1.59. The molecular formula is C76H148O6. The lowest BCUT2D eigenvalue weighted by Gasteiger charge is -2.18. The van der Waals surface area contributed by atoms with Gasteiger partial charge in [-0.25, -0.2) is 0 Å². The van der Waals surface area contributed by atoms with Crippen molar-refractivity contribution in [3.05, 3.63) is 0 Å². The lowest BCUT2D eigenvalue weighted by atomic mass is 10.0. The van der Waals surface area contributed by atoms with Crippen LogP contribution in [-0.4, -0.2) is 37.2 Å². The van der Waals surface area contributed by atoms with Gasteiger partial charge in [-0.1, -0.05) is 412 Å². The molecule has 0 aliphatic carbocycles. The van der Waals surface area contributed by atoms with Gasteiger partial charge in [0.2, 0.25) is 0 Å². The van der Waals surface area contributed by atoms with Gasteiger partial charge in [0.05, 0.1) is 0 Å². The summed E-state index contributed by atoms with van der Waals surface area (Å²) in [6.07, 6.45) is 85.7. The van der Waals surface area contributed by atoms with E-state index in [1.807, 2.05) is 0 Å². The quantitative estimate of drug-likeness (QED) is 0.0343. The van der Waals surface area contributed by atoms with Crippen molar-refractivity contribution >= 4 is 17.9 Å². The summed E-state index contributed by atoms with van der Waals surface area (Å²) in [4.78, 5) is 38.6. The monoisotopic (exact) mass is 1160 g/mol. The van der Waals surface area contributed by atoms with Gasteiger partial charge in [-0.2, -0.15) is 0 Å². The average molecular weight is 1160 g/mol. The Labute approximate surface area is 514 Å². The van der Waals surface area contributed by atoms with Crippen LogP contribution in [0.1, 0.15) is 451 Å². The molecule has 0 heterocycles. The Kier molecular flexibility index (Phi) is 70.5. The van der Waals surface area contributed by atoms with Gasteiger partial charge in [-0.05, 0) is 19.3 Å². The molecule has 0 aromatic heterocycles. The highest BCUT2D eigenvalue weighted by Crippen LogP contribution is 2.20. The van der Waals surface area contributed by atoms with Gasteiger partial charge in [-0.15, -0.1) is 0 Å². The van der Waals surface area contributed by atoms with Crippen LogP contribution in [0.5, 0.6) is 0 Å². The molecule has 0 aliphatic rings. The first kappa shape index (κ1) is 80.4. The molecule has 0 aliphatic heterocycles. The highest BCUT2D eigenvalue weighted by atomic mass is 16.6. The highest BCUT2D eigenvalue weighted by molar-refractivity contribution is 5.71. The van der Waals surface area contributed by atoms with Crippen molar-refractivity contribution in [3.63, 3.8) is 0 Å². The van der Waals surface area contributed by atoms with Crippen LogP contribution in [0.2, 0.25) is 0 Å². The van der Waals surface area contributed by atoms with Gasteiger partial charge in [0, 0.05) is 19.3 Å². The normalized spacial score (nSPS) is 11.9. The zero-order valence-corrected chi connectivity index (χ0v) is 56.3. The average Bonchev–Trinajstić information content (AvgIpc) is 3.47. The number of carbonyl (C=O) groups is 3. The zero-order chi connectivity index (χ0) is 59.2. The largest absolute Gasteiger partial charge is 0.462 e. The fourth-order valence-electron chi connectivity index (χ4n) is 12.2. The second kappa shape index (κ2) is 71.9. The number of carbonyl (C=O) groups excluding carboxylic acids is 3. The molecule has 0 saturated heterocycles. The summed E-state index contributed by atoms with van der Waals surface area (Å²) >= 11 is 0. The summed E-state index contributed by atoms with van der Waals surface area (Å²) in [6, 6.07) is 0. The number of ether oxygens (including phenoxy) is 3. The predicted octanol–water partition coefficient (Wildman–Crippen LogP) is 26.2. The Morgan fingerprint density at radius 3 is 0.488 bits per heavy atom. The van der Waals surface area contributed by atoms with E-state index in [2.05, 4.69) is 20.8 Å². The maximum atomic E-state index is 13.0. The lowest BCUT2D eigenvalue weighted by molar-refractivity contribution is -0.167. The molecule has 0 radical (unpaired) electrons. The third kappa shape index (κ3) is 69.2. The zero-order valence-electron chi connectivity index (χ0n) is 56.3. The third-order valence-electron chi connectivity index (χ3n) is 17.9. The van der Waals surface area contributed by atoms with E-state index in [0.717, 1.165) is 57.8 Å². The summed E-state index contributed by atoms with van der Waals surface area (Å²) in [5.74, 6) is -0.812. The Morgan fingerprint density at radius 2 is 0.329 bits per heavy atom. The van der Waals surface area contributed by atoms with Crippen molar-refractivity contribution in [3.8, 4) is 0 Å². The molecule has 82 heavy (non-hydrogen) atoms. The van der Waals surface area contributed by atoms with Crippen LogP contribution in [0, 0.1) is 0 Å². The molecule has 0 N–H and O–H groups in total. The SMILES string of the molecule is CCCCCCCCCCCCCCCCCCCCCCCCCC(=O)OCC(COC(=O)CCCCCCCCCCCCCCCCCCCCCC)OC(=O)CCCCCCCCCCCCCCCCCCCCCCC. The van der Waals surface area contributed by atoms with E-state index in [-0.39, 0.29) is 31.1 Å². The minimum absolute atomic E-state index is 0.0597. The molecule has 0 aromatic rings. The van der Waals surface area contributed by atoms with Gasteiger partial charge in [0.1, 0.15) is 13.2 Å². The van der Waals surface area contributed by atoms with Crippen LogP contribution >= 0.6 is 0 Å². The van der Waals surface area contributed by atoms with E-state index < -0.39 is 6.10 Å². The van der Waals surface area contributed by atoms with Gasteiger partial charge in [0.25, 0.3) is 0 Å².